The molecule has 22 heavy (non-hydrogen) atoms. The van der Waals surface area contributed by atoms with Gasteiger partial charge in [0.15, 0.2) is 15.0 Å². The Morgan fingerprint density at radius 1 is 1.36 bits per heavy atom. The lowest BCUT2D eigenvalue weighted by molar-refractivity contribution is -0.384. The topological polar surface area (TPSA) is 119 Å². The van der Waals surface area contributed by atoms with Gasteiger partial charge in [-0.25, -0.2) is 13.4 Å². The van der Waals surface area contributed by atoms with Gasteiger partial charge in [0.05, 0.1) is 9.82 Å². The van der Waals surface area contributed by atoms with Crippen LogP contribution in [0.2, 0.25) is 0 Å². The van der Waals surface area contributed by atoms with E-state index in [2.05, 4.69) is 10.3 Å². The Hall–Kier alpha value is -2.33. The highest BCUT2D eigenvalue weighted by Gasteiger charge is 2.30. The molecule has 0 radical (unpaired) electrons. The zero-order valence-corrected chi connectivity index (χ0v) is 12.9. The molecule has 1 amide bonds. The van der Waals surface area contributed by atoms with Gasteiger partial charge in [-0.15, -0.1) is 11.3 Å². The van der Waals surface area contributed by atoms with Gasteiger partial charge in [0.25, 0.3) is 5.69 Å². The van der Waals surface area contributed by atoms with E-state index in [1.54, 1.807) is 5.38 Å². The van der Waals surface area contributed by atoms with Crippen molar-refractivity contribution < 1.29 is 18.1 Å². The molecule has 2 aromatic rings. The van der Waals surface area contributed by atoms with Crippen molar-refractivity contribution >= 4 is 37.9 Å². The largest absolute Gasteiger partial charge is 0.301 e. The minimum Gasteiger partial charge on any atom is -0.301 e. The Morgan fingerprint density at radius 2 is 2.00 bits per heavy atom. The van der Waals surface area contributed by atoms with Gasteiger partial charge >= 0.3 is 0 Å². The van der Waals surface area contributed by atoms with Crippen LogP contribution in [0.1, 0.15) is 6.92 Å². The first-order valence-corrected chi connectivity index (χ1v) is 8.43. The lowest BCUT2D eigenvalue weighted by Crippen LogP contribution is -2.32. The van der Waals surface area contributed by atoms with Crippen LogP contribution in [0.4, 0.5) is 10.8 Å². The second kappa shape index (κ2) is 6.20. The molecule has 0 unspecified atom stereocenters. The normalized spacial score (nSPS) is 12.6. The van der Waals surface area contributed by atoms with Crippen LogP contribution < -0.4 is 5.32 Å². The second-order valence-electron chi connectivity index (χ2n) is 4.26. The number of carbonyl (C=O) groups excluding carboxylic acids is 1. The summed E-state index contributed by atoms with van der Waals surface area (Å²) >= 11 is 1.17. The highest BCUT2D eigenvalue weighted by molar-refractivity contribution is 7.92. The SMILES string of the molecule is C[C@@H](C(=O)Nc1nccs1)S(=O)(=O)c1ccc([N+](=O)[O-])cc1. The quantitative estimate of drug-likeness (QED) is 0.654. The van der Waals surface area contributed by atoms with Crippen LogP contribution in [0.15, 0.2) is 40.7 Å². The number of amides is 1. The number of non-ortho nitro benzene ring substituents is 1. The Kier molecular flexibility index (Phi) is 4.52. The number of rotatable bonds is 5. The number of hydrogen-bond acceptors (Lipinski definition) is 7. The maximum absolute atomic E-state index is 12.3. The molecule has 0 fully saturated rings. The maximum Gasteiger partial charge on any atom is 0.269 e. The van der Waals surface area contributed by atoms with Gasteiger partial charge in [0, 0.05) is 23.7 Å². The van der Waals surface area contributed by atoms with Crippen LogP contribution in [0.25, 0.3) is 0 Å². The van der Waals surface area contributed by atoms with Crippen LogP contribution in [-0.4, -0.2) is 29.5 Å². The number of aromatic nitrogens is 1. The van der Waals surface area contributed by atoms with Crippen molar-refractivity contribution in [3.63, 3.8) is 0 Å². The highest BCUT2D eigenvalue weighted by atomic mass is 32.2. The fourth-order valence-corrected chi connectivity index (χ4v) is 3.39. The van der Waals surface area contributed by atoms with Gasteiger partial charge in [-0.1, -0.05) is 0 Å². The molecule has 0 aliphatic rings. The maximum atomic E-state index is 12.3. The second-order valence-corrected chi connectivity index (χ2v) is 7.43. The molecule has 1 N–H and O–H groups in total. The minimum absolute atomic E-state index is 0.153. The fraction of sp³-hybridized carbons (Fsp3) is 0.167. The van der Waals surface area contributed by atoms with Crippen molar-refractivity contribution in [3.8, 4) is 0 Å². The van der Waals surface area contributed by atoms with Crippen molar-refractivity contribution in [2.75, 3.05) is 5.32 Å². The first-order valence-electron chi connectivity index (χ1n) is 6.01. The molecule has 0 spiro atoms. The van der Waals surface area contributed by atoms with E-state index in [1.807, 2.05) is 0 Å². The number of hydrogen-bond donors (Lipinski definition) is 1. The van der Waals surface area contributed by atoms with E-state index in [4.69, 9.17) is 0 Å². The fourth-order valence-electron chi connectivity index (χ4n) is 1.59. The monoisotopic (exact) mass is 341 g/mol. The Balaban J connectivity index is 2.21. The lowest BCUT2D eigenvalue weighted by Gasteiger charge is -2.12. The van der Waals surface area contributed by atoms with Crippen molar-refractivity contribution in [2.45, 2.75) is 17.1 Å². The Bertz CT molecular complexity index is 785. The van der Waals surface area contributed by atoms with Gasteiger partial charge in [-0.2, -0.15) is 0 Å². The molecule has 1 atom stereocenters. The third-order valence-electron chi connectivity index (χ3n) is 2.87. The van der Waals surface area contributed by atoms with Crippen molar-refractivity contribution in [3.05, 3.63) is 46.0 Å². The van der Waals surface area contributed by atoms with Crippen LogP contribution in [0, 0.1) is 10.1 Å². The third-order valence-corrected chi connectivity index (χ3v) is 5.64. The summed E-state index contributed by atoms with van der Waals surface area (Å²) in [7, 11) is -3.94. The molecule has 1 heterocycles. The van der Waals surface area contributed by atoms with Crippen LogP contribution in [0.5, 0.6) is 0 Å². The third kappa shape index (κ3) is 3.28. The summed E-state index contributed by atoms with van der Waals surface area (Å²) in [4.78, 5) is 25.6. The first-order chi connectivity index (χ1) is 10.3. The summed E-state index contributed by atoms with van der Waals surface area (Å²) in [5.74, 6) is -0.715. The number of sulfone groups is 1. The highest BCUT2D eigenvalue weighted by Crippen LogP contribution is 2.21. The van der Waals surface area contributed by atoms with Crippen molar-refractivity contribution in [1.29, 1.82) is 0 Å². The number of nitrogens with one attached hydrogen (secondary N) is 1. The van der Waals surface area contributed by atoms with E-state index in [0.717, 1.165) is 24.3 Å². The van der Waals surface area contributed by atoms with E-state index in [1.165, 1.54) is 24.5 Å². The Morgan fingerprint density at radius 3 is 2.50 bits per heavy atom. The lowest BCUT2D eigenvalue weighted by atomic mass is 10.3. The molecule has 0 saturated heterocycles. The summed E-state index contributed by atoms with van der Waals surface area (Å²) in [6.45, 7) is 1.25. The zero-order chi connectivity index (χ0) is 16.3. The molecule has 8 nitrogen and oxygen atoms in total. The van der Waals surface area contributed by atoms with Gasteiger partial charge in [0.2, 0.25) is 5.91 Å². The van der Waals surface area contributed by atoms with Gasteiger partial charge < -0.3 is 5.32 Å². The van der Waals surface area contributed by atoms with E-state index >= 15 is 0 Å². The minimum atomic E-state index is -3.94. The number of benzene rings is 1. The summed E-state index contributed by atoms with van der Waals surface area (Å²) in [6, 6.07) is 4.39. The van der Waals surface area contributed by atoms with Crippen LogP contribution >= 0.6 is 11.3 Å². The number of carbonyl (C=O) groups is 1. The summed E-state index contributed by atoms with van der Waals surface area (Å²) < 4.78 is 24.7. The molecule has 0 bridgehead atoms. The molecule has 0 aliphatic heterocycles. The average Bonchev–Trinajstić information content (AvgIpc) is 2.99. The van der Waals surface area contributed by atoms with E-state index < -0.39 is 25.9 Å². The smallest absolute Gasteiger partial charge is 0.269 e. The van der Waals surface area contributed by atoms with Gasteiger partial charge in [-0.3, -0.25) is 14.9 Å². The molecule has 2 rings (SSSR count). The van der Waals surface area contributed by atoms with Crippen LogP contribution in [0.3, 0.4) is 0 Å². The standard InChI is InChI=1S/C12H11N3O5S2/c1-8(11(16)14-12-13-6-7-21-12)22(19,20)10-4-2-9(3-5-10)15(17)18/h2-8H,1H3,(H,13,14,16)/t8-/m0/s1. The predicted molar refractivity (Wildman–Crippen MR) is 80.5 cm³/mol. The summed E-state index contributed by atoms with van der Waals surface area (Å²) in [5.41, 5.74) is -0.223. The van der Waals surface area contributed by atoms with Crippen molar-refractivity contribution in [2.24, 2.45) is 0 Å². The molecular weight excluding hydrogens is 330 g/mol. The van der Waals surface area contributed by atoms with E-state index in [9.17, 15) is 23.3 Å². The van der Waals surface area contributed by atoms with Gasteiger partial charge in [-0.05, 0) is 19.1 Å². The van der Waals surface area contributed by atoms with Crippen LogP contribution in [-0.2, 0) is 14.6 Å². The summed E-state index contributed by atoms with van der Waals surface area (Å²) in [6.07, 6.45) is 1.48. The summed E-state index contributed by atoms with van der Waals surface area (Å²) in [5, 5.41) is 13.6. The number of nitro benzene ring substituents is 1. The average molecular weight is 341 g/mol. The zero-order valence-electron chi connectivity index (χ0n) is 11.3. The predicted octanol–water partition coefficient (Wildman–Crippen LogP) is 1.85. The number of nitro groups is 1. The number of nitrogens with zero attached hydrogens (tertiary/aromatic N) is 2. The molecular formula is C12H11N3O5S2. The molecule has 0 aliphatic carbocycles. The Labute approximate surface area is 129 Å². The number of anilines is 1. The number of thiazole rings is 1. The molecule has 116 valence electrons. The van der Waals surface area contributed by atoms with Gasteiger partial charge in [0.1, 0.15) is 5.25 Å². The van der Waals surface area contributed by atoms with Crippen molar-refractivity contribution in [1.82, 2.24) is 4.98 Å². The molecule has 10 heteroatoms. The molecule has 1 aromatic carbocycles. The van der Waals surface area contributed by atoms with E-state index in [-0.39, 0.29) is 10.6 Å². The molecule has 1 aromatic heterocycles. The first kappa shape index (κ1) is 16.0. The van der Waals surface area contributed by atoms with E-state index in [0.29, 0.717) is 5.13 Å². The molecule has 0 saturated carbocycles.